The predicted molar refractivity (Wildman–Crippen MR) is 95.5 cm³/mol. The van der Waals surface area contributed by atoms with Gasteiger partial charge in [0, 0.05) is 24.8 Å². The minimum absolute atomic E-state index is 0.0900. The Labute approximate surface area is 148 Å². The van der Waals surface area contributed by atoms with Crippen LogP contribution in [-0.4, -0.2) is 33.7 Å². The van der Waals surface area contributed by atoms with E-state index in [1.165, 1.54) is 5.56 Å². The fourth-order valence-corrected chi connectivity index (χ4v) is 4.32. The Morgan fingerprint density at radius 1 is 1.28 bits per heavy atom. The Hall–Kier alpha value is -2.30. The maximum atomic E-state index is 13.2. The van der Waals surface area contributed by atoms with E-state index in [9.17, 15) is 4.79 Å². The molecule has 0 aliphatic carbocycles. The van der Waals surface area contributed by atoms with Gasteiger partial charge in [0.1, 0.15) is 12.4 Å². The molecular formula is C20H25N3O2. The number of likely N-dealkylation sites (tertiary alicyclic amines) is 1. The average molecular weight is 339 g/mol. The van der Waals surface area contributed by atoms with E-state index in [1.807, 2.05) is 36.9 Å². The van der Waals surface area contributed by atoms with Gasteiger partial charge in [-0.15, -0.1) is 0 Å². The highest BCUT2D eigenvalue weighted by molar-refractivity contribution is 5.80. The molecule has 0 saturated carbocycles. The van der Waals surface area contributed by atoms with Gasteiger partial charge < -0.3 is 9.64 Å². The number of carbonyl (C=O) groups is 1. The Kier molecular flexibility index (Phi) is 4.02. The lowest BCUT2D eigenvalue weighted by Crippen LogP contribution is -2.40. The number of aromatic nitrogens is 2. The molecule has 0 N–H and O–H groups in total. The molecule has 1 fully saturated rings. The highest BCUT2D eigenvalue weighted by Crippen LogP contribution is 2.37. The first-order valence-corrected chi connectivity index (χ1v) is 9.07. The summed E-state index contributed by atoms with van der Waals surface area (Å²) in [6, 6.07) is 8.18. The van der Waals surface area contributed by atoms with Crippen molar-refractivity contribution in [2.24, 2.45) is 13.0 Å². The summed E-state index contributed by atoms with van der Waals surface area (Å²) in [7, 11) is 1.97. The Balaban J connectivity index is 1.58. The number of nitrogens with zero attached hydrogens (tertiary/aromatic N) is 3. The number of aryl methyl sites for hydroxylation is 2. The van der Waals surface area contributed by atoms with E-state index >= 15 is 0 Å². The lowest BCUT2D eigenvalue weighted by molar-refractivity contribution is -0.137. The van der Waals surface area contributed by atoms with Gasteiger partial charge in [0.25, 0.3) is 0 Å². The van der Waals surface area contributed by atoms with Crippen LogP contribution in [0.4, 0.5) is 0 Å². The van der Waals surface area contributed by atoms with Crippen molar-refractivity contribution < 1.29 is 9.53 Å². The molecule has 3 heterocycles. The van der Waals surface area contributed by atoms with Gasteiger partial charge in [0.05, 0.1) is 17.7 Å². The fourth-order valence-electron chi connectivity index (χ4n) is 4.32. The van der Waals surface area contributed by atoms with Crippen molar-refractivity contribution >= 4 is 5.91 Å². The smallest absolute Gasteiger partial charge is 0.229 e. The Morgan fingerprint density at radius 3 is 2.84 bits per heavy atom. The number of amides is 1. The third-order valence-corrected chi connectivity index (χ3v) is 5.66. The van der Waals surface area contributed by atoms with Crippen LogP contribution >= 0.6 is 0 Å². The summed E-state index contributed by atoms with van der Waals surface area (Å²) in [6.07, 6.45) is 2.83. The summed E-state index contributed by atoms with van der Waals surface area (Å²) in [6.45, 7) is 5.44. The minimum Gasteiger partial charge on any atom is -0.492 e. The van der Waals surface area contributed by atoms with E-state index in [0.29, 0.717) is 6.61 Å². The first kappa shape index (κ1) is 16.2. The number of hydrogen-bond donors (Lipinski definition) is 0. The third kappa shape index (κ3) is 2.71. The average Bonchev–Trinajstić information content (AvgIpc) is 3.18. The zero-order valence-corrected chi connectivity index (χ0v) is 15.2. The van der Waals surface area contributed by atoms with E-state index in [-0.39, 0.29) is 17.9 Å². The number of hydrogen-bond acceptors (Lipinski definition) is 3. The van der Waals surface area contributed by atoms with E-state index in [0.717, 1.165) is 48.5 Å². The summed E-state index contributed by atoms with van der Waals surface area (Å²) >= 11 is 0. The topological polar surface area (TPSA) is 47.4 Å². The SMILES string of the molecule is Cc1nn(C)c(C)c1[C@@H]1CCCN1C(=O)[C@H]1COc2ccccc2C1. The lowest BCUT2D eigenvalue weighted by atomic mass is 9.94. The van der Waals surface area contributed by atoms with Crippen molar-refractivity contribution in [1.82, 2.24) is 14.7 Å². The monoisotopic (exact) mass is 339 g/mol. The molecule has 25 heavy (non-hydrogen) atoms. The normalized spacial score (nSPS) is 22.6. The van der Waals surface area contributed by atoms with Crippen LogP contribution in [0.3, 0.4) is 0 Å². The minimum atomic E-state index is -0.0900. The van der Waals surface area contributed by atoms with Crippen molar-refractivity contribution in [3.8, 4) is 5.75 Å². The fraction of sp³-hybridized carbons (Fsp3) is 0.500. The van der Waals surface area contributed by atoms with Gasteiger partial charge in [-0.1, -0.05) is 18.2 Å². The van der Waals surface area contributed by atoms with Gasteiger partial charge in [-0.25, -0.2) is 0 Å². The van der Waals surface area contributed by atoms with Gasteiger partial charge in [-0.3, -0.25) is 9.48 Å². The molecule has 132 valence electrons. The quantitative estimate of drug-likeness (QED) is 0.845. The van der Waals surface area contributed by atoms with Crippen LogP contribution in [0.2, 0.25) is 0 Å². The second kappa shape index (κ2) is 6.21. The van der Waals surface area contributed by atoms with Crippen LogP contribution in [0, 0.1) is 19.8 Å². The van der Waals surface area contributed by atoms with Crippen LogP contribution in [0.25, 0.3) is 0 Å². The second-order valence-electron chi connectivity index (χ2n) is 7.22. The molecule has 1 amide bonds. The Bertz CT molecular complexity index is 811. The van der Waals surface area contributed by atoms with Crippen molar-refractivity contribution in [2.75, 3.05) is 13.2 Å². The number of para-hydroxylation sites is 1. The third-order valence-electron chi connectivity index (χ3n) is 5.66. The highest BCUT2D eigenvalue weighted by Gasteiger charge is 2.37. The van der Waals surface area contributed by atoms with Gasteiger partial charge in [0.2, 0.25) is 5.91 Å². The molecule has 0 unspecified atom stereocenters. The summed E-state index contributed by atoms with van der Waals surface area (Å²) in [5.41, 5.74) is 4.56. The molecular weight excluding hydrogens is 314 g/mol. The number of carbonyl (C=O) groups excluding carboxylic acids is 1. The summed E-state index contributed by atoms with van der Waals surface area (Å²) in [4.78, 5) is 15.3. The molecule has 1 aromatic heterocycles. The molecule has 2 aliphatic heterocycles. The van der Waals surface area contributed by atoms with Gasteiger partial charge in [0.15, 0.2) is 0 Å². The number of rotatable bonds is 2. The van der Waals surface area contributed by atoms with E-state index in [4.69, 9.17) is 4.74 Å². The second-order valence-corrected chi connectivity index (χ2v) is 7.22. The maximum Gasteiger partial charge on any atom is 0.229 e. The highest BCUT2D eigenvalue weighted by atomic mass is 16.5. The number of benzene rings is 1. The lowest BCUT2D eigenvalue weighted by Gasteiger charge is -2.31. The van der Waals surface area contributed by atoms with E-state index in [1.54, 1.807) is 0 Å². The van der Waals surface area contributed by atoms with Crippen LogP contribution in [0.1, 0.15) is 41.4 Å². The largest absolute Gasteiger partial charge is 0.492 e. The standard InChI is InChI=1S/C20H25N3O2/c1-13-19(14(2)22(3)21-13)17-8-6-10-23(17)20(24)16-11-15-7-4-5-9-18(15)25-12-16/h4-5,7,9,16-17H,6,8,10-12H2,1-3H3/t16-,17+/m1/s1. The Morgan fingerprint density at radius 2 is 2.08 bits per heavy atom. The van der Waals surface area contributed by atoms with E-state index < -0.39 is 0 Å². The van der Waals surface area contributed by atoms with Crippen LogP contribution in [0.5, 0.6) is 5.75 Å². The zero-order chi connectivity index (χ0) is 17.6. The van der Waals surface area contributed by atoms with Crippen molar-refractivity contribution in [1.29, 1.82) is 0 Å². The molecule has 4 rings (SSSR count). The van der Waals surface area contributed by atoms with Gasteiger partial charge >= 0.3 is 0 Å². The molecule has 2 atom stereocenters. The van der Waals surface area contributed by atoms with Crippen LogP contribution in [-0.2, 0) is 18.3 Å². The molecule has 1 saturated heterocycles. The molecule has 2 aromatic rings. The molecule has 5 nitrogen and oxygen atoms in total. The van der Waals surface area contributed by atoms with Crippen LogP contribution < -0.4 is 4.74 Å². The molecule has 0 bridgehead atoms. The number of ether oxygens (including phenoxy) is 1. The van der Waals surface area contributed by atoms with Crippen molar-refractivity contribution in [2.45, 2.75) is 39.2 Å². The summed E-state index contributed by atoms with van der Waals surface area (Å²) in [5.74, 6) is 1.05. The van der Waals surface area contributed by atoms with Gasteiger partial charge in [-0.05, 0) is 44.7 Å². The number of fused-ring (bicyclic) bond motifs is 1. The van der Waals surface area contributed by atoms with E-state index in [2.05, 4.69) is 23.0 Å². The first-order valence-electron chi connectivity index (χ1n) is 9.07. The summed E-state index contributed by atoms with van der Waals surface area (Å²) in [5, 5.41) is 4.55. The predicted octanol–water partition coefficient (Wildman–Crippen LogP) is 2.95. The maximum absolute atomic E-state index is 13.2. The molecule has 0 spiro atoms. The van der Waals surface area contributed by atoms with Crippen molar-refractivity contribution in [3.63, 3.8) is 0 Å². The van der Waals surface area contributed by atoms with Gasteiger partial charge in [-0.2, -0.15) is 5.10 Å². The molecule has 2 aliphatic rings. The first-order chi connectivity index (χ1) is 12.1. The van der Waals surface area contributed by atoms with Crippen molar-refractivity contribution in [3.05, 3.63) is 46.8 Å². The van der Waals surface area contributed by atoms with Crippen LogP contribution in [0.15, 0.2) is 24.3 Å². The molecule has 1 aromatic carbocycles. The molecule has 0 radical (unpaired) electrons. The summed E-state index contributed by atoms with van der Waals surface area (Å²) < 4.78 is 7.77. The molecule has 5 heteroatoms. The zero-order valence-electron chi connectivity index (χ0n) is 15.2.